The molecule has 146 valence electrons. The number of hydrogen-bond donors (Lipinski definition) is 0. The van der Waals surface area contributed by atoms with Crippen molar-refractivity contribution < 1.29 is 27.9 Å². The molecular weight excluding hydrogens is 383 g/mol. The number of carbonyl (C=O) groups is 2. The normalized spacial score (nSPS) is 17.0. The van der Waals surface area contributed by atoms with Crippen LogP contribution in [0.1, 0.15) is 42.1 Å². The SMILES string of the molecule is CCc1nc(SCC(=O)N2CCC[C@H]2C(=O)[O-])c(C#N)c(C(F)(F)F)c1C. The minimum Gasteiger partial charge on any atom is -0.548 e. The van der Waals surface area contributed by atoms with Gasteiger partial charge in [0.25, 0.3) is 0 Å². The second-order valence-electron chi connectivity index (χ2n) is 6.05. The minimum atomic E-state index is -4.73. The van der Waals surface area contributed by atoms with Gasteiger partial charge >= 0.3 is 6.18 Å². The van der Waals surface area contributed by atoms with Crippen molar-refractivity contribution in [3.63, 3.8) is 0 Å². The van der Waals surface area contributed by atoms with Crippen molar-refractivity contribution in [1.29, 1.82) is 5.26 Å². The third kappa shape index (κ3) is 4.35. The van der Waals surface area contributed by atoms with Crippen LogP contribution in [-0.2, 0) is 22.2 Å². The van der Waals surface area contributed by atoms with E-state index >= 15 is 0 Å². The summed E-state index contributed by atoms with van der Waals surface area (Å²) >= 11 is 0.711. The maximum atomic E-state index is 13.4. The number of halogens is 3. The van der Waals surface area contributed by atoms with Crippen LogP contribution in [-0.4, -0.2) is 40.1 Å². The molecule has 1 saturated heterocycles. The van der Waals surface area contributed by atoms with E-state index in [4.69, 9.17) is 0 Å². The molecule has 0 bridgehead atoms. The van der Waals surface area contributed by atoms with Crippen LogP contribution in [0.15, 0.2) is 5.03 Å². The molecule has 2 rings (SSSR count). The predicted molar refractivity (Wildman–Crippen MR) is 88.5 cm³/mol. The van der Waals surface area contributed by atoms with Gasteiger partial charge < -0.3 is 14.8 Å². The van der Waals surface area contributed by atoms with Gasteiger partial charge in [-0.2, -0.15) is 18.4 Å². The molecule has 1 fully saturated rings. The lowest BCUT2D eigenvalue weighted by molar-refractivity contribution is -0.310. The Balaban J connectivity index is 2.32. The van der Waals surface area contributed by atoms with E-state index in [0.717, 1.165) is 4.90 Å². The smallest absolute Gasteiger partial charge is 0.418 e. The van der Waals surface area contributed by atoms with Crippen LogP contribution < -0.4 is 5.11 Å². The summed E-state index contributed by atoms with van der Waals surface area (Å²) in [4.78, 5) is 28.7. The van der Waals surface area contributed by atoms with E-state index in [0.29, 0.717) is 18.2 Å². The van der Waals surface area contributed by atoms with Gasteiger partial charge in [-0.3, -0.25) is 4.79 Å². The second kappa shape index (κ2) is 8.17. The second-order valence-corrected chi connectivity index (χ2v) is 7.02. The summed E-state index contributed by atoms with van der Waals surface area (Å²) in [6.45, 7) is 3.16. The molecule has 0 saturated carbocycles. The van der Waals surface area contributed by atoms with Crippen molar-refractivity contribution in [2.24, 2.45) is 0 Å². The van der Waals surface area contributed by atoms with Crippen LogP contribution >= 0.6 is 11.8 Å². The number of aryl methyl sites for hydroxylation is 1. The summed E-state index contributed by atoms with van der Waals surface area (Å²) in [6.07, 6.45) is -3.69. The minimum absolute atomic E-state index is 0.103. The molecule has 1 aromatic rings. The van der Waals surface area contributed by atoms with Gasteiger partial charge in [-0.15, -0.1) is 0 Å². The maximum Gasteiger partial charge on any atom is 0.418 e. The summed E-state index contributed by atoms with van der Waals surface area (Å²) < 4.78 is 40.3. The number of carboxylic acids is 1. The van der Waals surface area contributed by atoms with Crippen LogP contribution in [0.3, 0.4) is 0 Å². The van der Waals surface area contributed by atoms with Crippen LogP contribution in [0.4, 0.5) is 13.2 Å². The van der Waals surface area contributed by atoms with E-state index < -0.39 is 35.2 Å². The van der Waals surface area contributed by atoms with Gasteiger partial charge in [0.2, 0.25) is 5.91 Å². The van der Waals surface area contributed by atoms with Crippen molar-refractivity contribution in [2.45, 2.75) is 50.4 Å². The number of aliphatic carboxylic acids is 1. The molecule has 1 aliphatic rings. The van der Waals surface area contributed by atoms with Crippen molar-refractivity contribution in [1.82, 2.24) is 9.88 Å². The number of thioether (sulfide) groups is 1. The van der Waals surface area contributed by atoms with E-state index in [2.05, 4.69) is 4.98 Å². The molecule has 1 aliphatic heterocycles. The van der Waals surface area contributed by atoms with Crippen molar-refractivity contribution >= 4 is 23.6 Å². The topological polar surface area (TPSA) is 97.1 Å². The summed E-state index contributed by atoms with van der Waals surface area (Å²) in [7, 11) is 0. The van der Waals surface area contributed by atoms with Crippen molar-refractivity contribution in [3.8, 4) is 6.07 Å². The van der Waals surface area contributed by atoms with E-state index in [-0.39, 0.29) is 41.4 Å². The number of likely N-dealkylation sites (tertiary alicyclic amines) is 1. The van der Waals surface area contributed by atoms with Gasteiger partial charge in [-0.25, -0.2) is 4.98 Å². The Morgan fingerprint density at radius 1 is 1.44 bits per heavy atom. The van der Waals surface area contributed by atoms with Gasteiger partial charge in [-0.1, -0.05) is 18.7 Å². The fourth-order valence-electron chi connectivity index (χ4n) is 3.13. The van der Waals surface area contributed by atoms with Gasteiger partial charge in [-0.05, 0) is 31.7 Å². The predicted octanol–water partition coefficient (Wildman–Crippen LogP) is 1.68. The Kier molecular flexibility index (Phi) is 6.36. The van der Waals surface area contributed by atoms with Gasteiger partial charge in [0.05, 0.1) is 28.9 Å². The van der Waals surface area contributed by atoms with Gasteiger partial charge in [0.15, 0.2) is 0 Å². The van der Waals surface area contributed by atoms with Crippen LogP contribution in [0.5, 0.6) is 0 Å². The maximum absolute atomic E-state index is 13.4. The lowest BCUT2D eigenvalue weighted by Crippen LogP contribution is -2.47. The number of nitriles is 1. The lowest BCUT2D eigenvalue weighted by atomic mass is 10.0. The zero-order valence-corrected chi connectivity index (χ0v) is 15.5. The molecule has 0 aliphatic carbocycles. The molecule has 2 heterocycles. The highest BCUT2D eigenvalue weighted by Crippen LogP contribution is 2.39. The van der Waals surface area contributed by atoms with Crippen LogP contribution in [0, 0.1) is 18.3 Å². The summed E-state index contributed by atoms with van der Waals surface area (Å²) in [5, 5.41) is 20.2. The summed E-state index contributed by atoms with van der Waals surface area (Å²) in [5.74, 6) is -2.20. The molecule has 1 aromatic heterocycles. The largest absolute Gasteiger partial charge is 0.548 e. The lowest BCUT2D eigenvalue weighted by Gasteiger charge is -2.25. The number of nitrogens with zero attached hydrogens (tertiary/aromatic N) is 3. The Bertz CT molecular complexity index is 805. The number of carbonyl (C=O) groups excluding carboxylic acids is 2. The first-order valence-corrected chi connectivity index (χ1v) is 9.24. The first-order chi connectivity index (χ1) is 12.6. The first-order valence-electron chi connectivity index (χ1n) is 8.25. The standard InChI is InChI=1S/C17H18F3N3O3S/c1-3-11-9(2)14(17(18,19)20)10(7-21)15(22-11)27-8-13(24)23-6-4-5-12(23)16(25)26/h12H,3-6,8H2,1-2H3,(H,25,26)/p-1/t12-/m0/s1. The van der Waals surface area contributed by atoms with Crippen LogP contribution in [0.25, 0.3) is 0 Å². The molecule has 1 atom stereocenters. The molecule has 1 amide bonds. The molecule has 27 heavy (non-hydrogen) atoms. The number of hydrogen-bond acceptors (Lipinski definition) is 6. The number of rotatable bonds is 5. The number of alkyl halides is 3. The summed E-state index contributed by atoms with van der Waals surface area (Å²) in [5.41, 5.74) is -1.56. The highest BCUT2D eigenvalue weighted by Gasteiger charge is 2.38. The van der Waals surface area contributed by atoms with E-state index in [9.17, 15) is 33.1 Å². The molecule has 10 heteroatoms. The Morgan fingerprint density at radius 3 is 2.63 bits per heavy atom. The molecule has 0 unspecified atom stereocenters. The third-order valence-electron chi connectivity index (χ3n) is 4.42. The zero-order valence-electron chi connectivity index (χ0n) is 14.7. The van der Waals surface area contributed by atoms with Crippen LogP contribution in [0.2, 0.25) is 0 Å². The monoisotopic (exact) mass is 400 g/mol. The van der Waals surface area contributed by atoms with E-state index in [1.807, 2.05) is 0 Å². The fourth-order valence-corrected chi connectivity index (χ4v) is 4.02. The average Bonchev–Trinajstić information content (AvgIpc) is 3.08. The average molecular weight is 400 g/mol. The van der Waals surface area contributed by atoms with Crippen molar-refractivity contribution in [2.75, 3.05) is 12.3 Å². The molecule has 0 aromatic carbocycles. The molecule has 6 nitrogen and oxygen atoms in total. The molecule has 0 spiro atoms. The van der Waals surface area contributed by atoms with E-state index in [1.54, 1.807) is 13.0 Å². The quantitative estimate of drug-likeness (QED) is 0.698. The first kappa shape index (κ1) is 21.0. The third-order valence-corrected chi connectivity index (χ3v) is 5.38. The Hall–Kier alpha value is -2.28. The Morgan fingerprint density at radius 2 is 2.11 bits per heavy atom. The molecule has 0 radical (unpaired) electrons. The molecular formula is C17H17F3N3O3S-. The number of amides is 1. The van der Waals surface area contributed by atoms with Gasteiger partial charge in [0.1, 0.15) is 11.1 Å². The fraction of sp³-hybridized carbons (Fsp3) is 0.529. The summed E-state index contributed by atoms with van der Waals surface area (Å²) in [6, 6.07) is 0.520. The number of aromatic nitrogens is 1. The highest BCUT2D eigenvalue weighted by atomic mass is 32.2. The Labute approximate surface area is 158 Å². The van der Waals surface area contributed by atoms with Gasteiger partial charge in [0, 0.05) is 12.2 Å². The molecule has 0 N–H and O–H groups in total. The van der Waals surface area contributed by atoms with Crippen molar-refractivity contribution in [3.05, 3.63) is 22.4 Å². The number of carboxylic acid groups (broad SMARTS) is 1. The number of pyridine rings is 1. The highest BCUT2D eigenvalue weighted by molar-refractivity contribution is 8.00. The zero-order chi connectivity index (χ0) is 20.4. The van der Waals surface area contributed by atoms with E-state index in [1.165, 1.54) is 6.92 Å².